The molecule has 10 heteroatoms. The molecule has 0 saturated carbocycles. The van der Waals surface area contributed by atoms with Crippen LogP contribution < -0.4 is 4.31 Å². The maximum atomic E-state index is 13.6. The summed E-state index contributed by atoms with van der Waals surface area (Å²) in [6.07, 6.45) is 4.07. The van der Waals surface area contributed by atoms with Gasteiger partial charge in [-0.2, -0.15) is 5.26 Å². The van der Waals surface area contributed by atoms with Crippen molar-refractivity contribution < 1.29 is 22.3 Å². The van der Waals surface area contributed by atoms with Crippen molar-refractivity contribution in [2.24, 2.45) is 0 Å². The summed E-state index contributed by atoms with van der Waals surface area (Å²) in [5, 5.41) is 9.35. The van der Waals surface area contributed by atoms with Crippen molar-refractivity contribution in [1.82, 2.24) is 9.97 Å². The predicted molar refractivity (Wildman–Crippen MR) is 128 cm³/mol. The molecule has 0 unspecified atom stereocenters. The zero-order chi connectivity index (χ0) is 25.3. The summed E-state index contributed by atoms with van der Waals surface area (Å²) < 4.78 is 50.5. The first-order chi connectivity index (χ1) is 15.8. The van der Waals surface area contributed by atoms with Crippen molar-refractivity contribution in [3.05, 3.63) is 47.4 Å². The number of benzene rings is 1. The molecule has 0 radical (unpaired) electrons. The number of aromatic nitrogens is 2. The maximum absolute atomic E-state index is 13.6. The van der Waals surface area contributed by atoms with Crippen molar-refractivity contribution in [1.29, 1.82) is 5.26 Å². The van der Waals surface area contributed by atoms with Crippen LogP contribution >= 0.6 is 0 Å². The van der Waals surface area contributed by atoms with Gasteiger partial charge in [-0.3, -0.25) is 0 Å². The molecule has 0 spiro atoms. The third kappa shape index (κ3) is 5.97. The van der Waals surface area contributed by atoms with Crippen LogP contribution in [0.4, 0.5) is 10.3 Å². The van der Waals surface area contributed by atoms with Crippen molar-refractivity contribution in [3.63, 3.8) is 0 Å². The van der Waals surface area contributed by atoms with Gasteiger partial charge in [-0.25, -0.2) is 27.1 Å². The molecule has 1 aromatic carbocycles. The van der Waals surface area contributed by atoms with Crippen LogP contribution in [0.2, 0.25) is 0 Å². The minimum absolute atomic E-state index is 0.0238. The quantitative estimate of drug-likeness (QED) is 0.598. The molecule has 34 heavy (non-hydrogen) atoms. The number of hydrogen-bond donors (Lipinski definition) is 0. The maximum Gasteiger partial charge on any atom is 0.239 e. The van der Waals surface area contributed by atoms with Crippen molar-refractivity contribution in [2.45, 2.75) is 58.0 Å². The lowest BCUT2D eigenvalue weighted by Crippen LogP contribution is -2.43. The van der Waals surface area contributed by atoms with E-state index in [2.05, 4.69) is 16.0 Å². The molecule has 0 aliphatic carbocycles. The molecule has 2 aromatic rings. The van der Waals surface area contributed by atoms with Gasteiger partial charge in [0, 0.05) is 24.6 Å². The van der Waals surface area contributed by atoms with Crippen LogP contribution in [0.1, 0.15) is 51.3 Å². The van der Waals surface area contributed by atoms with Crippen molar-refractivity contribution >= 4 is 22.0 Å². The zero-order valence-electron chi connectivity index (χ0n) is 20.1. The molecule has 8 nitrogen and oxygen atoms in total. The number of halogens is 1. The highest BCUT2D eigenvalue weighted by atomic mass is 32.2. The second-order valence-corrected chi connectivity index (χ2v) is 11.0. The van der Waals surface area contributed by atoms with E-state index in [-0.39, 0.29) is 11.9 Å². The van der Waals surface area contributed by atoms with Gasteiger partial charge in [0.05, 0.1) is 29.8 Å². The fourth-order valence-corrected chi connectivity index (χ4v) is 4.02. The molecule has 0 bridgehead atoms. The highest BCUT2D eigenvalue weighted by Gasteiger charge is 2.34. The number of sulfonamides is 1. The Bertz CT molecular complexity index is 1220. The lowest BCUT2D eigenvalue weighted by Gasteiger charge is -2.37. The van der Waals surface area contributed by atoms with Gasteiger partial charge >= 0.3 is 0 Å². The Morgan fingerprint density at radius 3 is 2.44 bits per heavy atom. The fourth-order valence-electron chi connectivity index (χ4n) is 3.64. The van der Waals surface area contributed by atoms with Crippen LogP contribution in [0.5, 0.6) is 0 Å². The molecular formula is C24H29FN4O4S. The third-order valence-corrected chi connectivity index (χ3v) is 6.49. The summed E-state index contributed by atoms with van der Waals surface area (Å²) in [5.41, 5.74) is 2.35. The van der Waals surface area contributed by atoms with E-state index in [9.17, 15) is 18.1 Å². The standard InChI is InChI=1S/C24H29FN4O4S/c1-15(2)21-20(12-11-18-13-19(14-26)33-24(3,4)32-18)22(16-7-9-17(25)10-8-16)28-23(27-21)29(5)34(6,30)31/h7-12,15,18-19H,13H2,1-6H3/b12-11+/t18-,19-/m1/s1. The van der Waals surface area contributed by atoms with Gasteiger partial charge in [-0.15, -0.1) is 0 Å². The fraction of sp³-hybridized carbons (Fsp3) is 0.458. The molecule has 1 fully saturated rings. The van der Waals surface area contributed by atoms with Crippen LogP contribution in [0.15, 0.2) is 30.3 Å². The Hall–Kier alpha value is -2.87. The highest BCUT2D eigenvalue weighted by molar-refractivity contribution is 7.92. The highest BCUT2D eigenvalue weighted by Crippen LogP contribution is 2.33. The van der Waals surface area contributed by atoms with Gasteiger partial charge in [0.1, 0.15) is 11.9 Å². The van der Waals surface area contributed by atoms with Gasteiger partial charge in [0.15, 0.2) is 5.79 Å². The van der Waals surface area contributed by atoms with Gasteiger partial charge in [-0.05, 0) is 44.0 Å². The van der Waals surface area contributed by atoms with Gasteiger partial charge in [0.25, 0.3) is 0 Å². The summed E-state index contributed by atoms with van der Waals surface area (Å²) in [4.78, 5) is 9.11. The summed E-state index contributed by atoms with van der Waals surface area (Å²) in [7, 11) is -2.21. The summed E-state index contributed by atoms with van der Waals surface area (Å²) in [5.74, 6) is -1.37. The number of anilines is 1. The second-order valence-electron chi connectivity index (χ2n) is 8.95. The monoisotopic (exact) mass is 488 g/mol. The second kappa shape index (κ2) is 9.78. The minimum Gasteiger partial charge on any atom is -0.343 e. The first kappa shape index (κ1) is 25.7. The van der Waals surface area contributed by atoms with E-state index in [1.54, 1.807) is 26.0 Å². The molecule has 1 aromatic heterocycles. The number of nitriles is 1. The van der Waals surface area contributed by atoms with E-state index in [0.717, 1.165) is 10.6 Å². The zero-order valence-corrected chi connectivity index (χ0v) is 20.9. The minimum atomic E-state index is -3.60. The lowest BCUT2D eigenvalue weighted by atomic mass is 9.97. The summed E-state index contributed by atoms with van der Waals surface area (Å²) >= 11 is 0. The number of hydrogen-bond acceptors (Lipinski definition) is 7. The van der Waals surface area contributed by atoms with Crippen molar-refractivity contribution in [3.8, 4) is 17.3 Å². The van der Waals surface area contributed by atoms with E-state index in [1.807, 2.05) is 26.0 Å². The lowest BCUT2D eigenvalue weighted by molar-refractivity contribution is -0.278. The topological polar surface area (TPSA) is 105 Å². The van der Waals surface area contributed by atoms with Gasteiger partial charge < -0.3 is 9.47 Å². The van der Waals surface area contributed by atoms with E-state index < -0.39 is 33.8 Å². The van der Waals surface area contributed by atoms with Gasteiger partial charge in [-0.1, -0.05) is 26.0 Å². The molecular weight excluding hydrogens is 459 g/mol. The Morgan fingerprint density at radius 2 is 1.88 bits per heavy atom. The molecule has 1 aliphatic heterocycles. The van der Waals surface area contributed by atoms with E-state index in [1.165, 1.54) is 19.2 Å². The smallest absolute Gasteiger partial charge is 0.239 e. The molecule has 3 rings (SSSR count). The SMILES string of the molecule is CC(C)c1nc(N(C)S(C)(=O)=O)nc(-c2ccc(F)cc2)c1/C=C/[C@@H]1C[C@H](C#N)OC(C)(C)O1. The summed E-state index contributed by atoms with van der Waals surface area (Å²) in [6, 6.07) is 7.95. The Kier molecular flexibility index (Phi) is 7.41. The van der Waals surface area contributed by atoms with E-state index >= 15 is 0 Å². The molecule has 0 amide bonds. The largest absolute Gasteiger partial charge is 0.343 e. The molecule has 2 atom stereocenters. The Morgan fingerprint density at radius 1 is 1.24 bits per heavy atom. The van der Waals surface area contributed by atoms with Crippen LogP contribution in [0.3, 0.4) is 0 Å². The van der Waals surface area contributed by atoms with Crippen LogP contribution in [-0.2, 0) is 19.5 Å². The van der Waals surface area contributed by atoms with Crippen molar-refractivity contribution in [2.75, 3.05) is 17.6 Å². The van der Waals surface area contributed by atoms with Crippen LogP contribution in [-0.4, -0.2) is 49.7 Å². The van der Waals surface area contributed by atoms with E-state index in [0.29, 0.717) is 28.9 Å². The molecule has 1 saturated heterocycles. The Labute approximate surface area is 200 Å². The van der Waals surface area contributed by atoms with E-state index in [4.69, 9.17) is 9.47 Å². The average Bonchev–Trinajstić information content (AvgIpc) is 2.75. The molecule has 182 valence electrons. The van der Waals surface area contributed by atoms with Crippen LogP contribution in [0, 0.1) is 17.1 Å². The predicted octanol–water partition coefficient (Wildman–Crippen LogP) is 4.25. The van der Waals surface area contributed by atoms with Crippen LogP contribution in [0.25, 0.3) is 17.3 Å². The number of nitrogens with zero attached hydrogens (tertiary/aromatic N) is 4. The normalized spacial score (nSPS) is 20.4. The number of ether oxygens (including phenoxy) is 2. The molecule has 1 aliphatic rings. The summed E-state index contributed by atoms with van der Waals surface area (Å²) in [6.45, 7) is 7.38. The van der Waals surface area contributed by atoms with Gasteiger partial charge in [0.2, 0.25) is 16.0 Å². The third-order valence-electron chi connectivity index (χ3n) is 5.34. The number of rotatable bonds is 6. The first-order valence-corrected chi connectivity index (χ1v) is 12.7. The Balaban J connectivity index is 2.17. The average molecular weight is 489 g/mol. The molecule has 2 heterocycles. The first-order valence-electron chi connectivity index (χ1n) is 10.9. The molecule has 0 N–H and O–H groups in total.